The minimum absolute atomic E-state index is 0. The monoisotopic (exact) mass is 345 g/mol. The second kappa shape index (κ2) is 6.09. The van der Waals surface area contributed by atoms with Crippen LogP contribution >= 0.6 is 23.5 Å². The van der Waals surface area contributed by atoms with E-state index in [4.69, 9.17) is 5.11 Å². The number of aromatic nitrogens is 2. The maximum Gasteiger partial charge on any atom is 1.00 e. The molecule has 0 spiro atoms. The summed E-state index contributed by atoms with van der Waals surface area (Å²) in [6, 6.07) is 0. The second-order valence-electron chi connectivity index (χ2n) is 4.92. The summed E-state index contributed by atoms with van der Waals surface area (Å²) < 4.78 is 2.10. The van der Waals surface area contributed by atoms with Gasteiger partial charge in [-0.05, 0) is 12.5 Å². The molecule has 1 aromatic rings. The first-order chi connectivity index (χ1) is 10.1. The van der Waals surface area contributed by atoms with Gasteiger partial charge in [0.1, 0.15) is 11.1 Å². The number of aryl methyl sites for hydroxylation is 1. The first kappa shape index (κ1) is 16.2. The number of nitrogens with zero attached hydrogens (tertiary/aromatic N) is 3. The standard InChI is InChI=1S/C13H11N3O3S2.Na.H/c17-10-8(11-16(10)9(6-21-11)12(18)19)4-7-5-15-2-1-3-20-13(15)14-7;;/h4-6,11H,1-3H2,(H,18,19);;/q;+1;-1/t11-;;/m1../s1. The van der Waals surface area contributed by atoms with Crippen LogP contribution in [0.4, 0.5) is 0 Å². The van der Waals surface area contributed by atoms with Crippen LogP contribution < -0.4 is 29.6 Å². The molecule has 3 aliphatic rings. The molecule has 1 saturated heterocycles. The molecule has 1 fully saturated rings. The van der Waals surface area contributed by atoms with E-state index in [2.05, 4.69) is 9.55 Å². The average molecular weight is 345 g/mol. The van der Waals surface area contributed by atoms with Gasteiger partial charge in [-0.1, -0.05) is 11.8 Å². The summed E-state index contributed by atoms with van der Waals surface area (Å²) >= 11 is 3.07. The van der Waals surface area contributed by atoms with Crippen molar-refractivity contribution >= 4 is 41.5 Å². The van der Waals surface area contributed by atoms with Crippen molar-refractivity contribution in [2.24, 2.45) is 0 Å². The van der Waals surface area contributed by atoms with E-state index in [1.54, 1.807) is 17.8 Å². The molecule has 6 nitrogen and oxygen atoms in total. The zero-order valence-corrected chi connectivity index (χ0v) is 15.5. The van der Waals surface area contributed by atoms with Crippen molar-refractivity contribution in [3.63, 3.8) is 0 Å². The first-order valence-corrected chi connectivity index (χ1v) is 8.42. The van der Waals surface area contributed by atoms with Gasteiger partial charge in [-0.2, -0.15) is 0 Å². The predicted octanol–water partition coefficient (Wildman–Crippen LogP) is -1.28. The van der Waals surface area contributed by atoms with Gasteiger partial charge in [-0.25, -0.2) is 9.78 Å². The summed E-state index contributed by atoms with van der Waals surface area (Å²) in [7, 11) is 0. The van der Waals surface area contributed by atoms with E-state index in [-0.39, 0.29) is 48.0 Å². The van der Waals surface area contributed by atoms with E-state index >= 15 is 0 Å². The molecule has 3 aliphatic heterocycles. The van der Waals surface area contributed by atoms with Crippen LogP contribution in [-0.2, 0) is 16.1 Å². The molecule has 0 aromatic carbocycles. The zero-order valence-electron chi connectivity index (χ0n) is 12.9. The fourth-order valence-electron chi connectivity index (χ4n) is 2.59. The Morgan fingerprint density at radius 2 is 2.36 bits per heavy atom. The third-order valence-corrected chi connectivity index (χ3v) is 5.75. The van der Waals surface area contributed by atoms with E-state index in [1.807, 2.05) is 6.20 Å². The molecule has 0 aliphatic carbocycles. The number of carbonyl (C=O) groups is 2. The molecule has 1 atom stereocenters. The largest absolute Gasteiger partial charge is 1.00 e. The Morgan fingerprint density at radius 1 is 1.55 bits per heavy atom. The summed E-state index contributed by atoms with van der Waals surface area (Å²) in [5.74, 6) is -0.229. The molecule has 1 aromatic heterocycles. The Balaban J connectivity index is 0.000000960. The summed E-state index contributed by atoms with van der Waals surface area (Å²) in [6.45, 7) is 0.960. The molecule has 1 amide bonds. The van der Waals surface area contributed by atoms with Gasteiger partial charge in [-0.3, -0.25) is 9.69 Å². The average Bonchev–Trinajstić information content (AvgIpc) is 3.05. The van der Waals surface area contributed by atoms with Crippen LogP contribution in [0.25, 0.3) is 6.08 Å². The van der Waals surface area contributed by atoms with Crippen LogP contribution in [-0.4, -0.2) is 42.6 Å². The van der Waals surface area contributed by atoms with Gasteiger partial charge in [0.05, 0.1) is 11.3 Å². The maximum atomic E-state index is 12.1. The maximum absolute atomic E-state index is 12.1. The van der Waals surface area contributed by atoms with Crippen molar-refractivity contribution in [1.29, 1.82) is 0 Å². The molecule has 0 unspecified atom stereocenters. The number of hydrogen-bond donors (Lipinski definition) is 1. The second-order valence-corrected chi connectivity index (χ2v) is 6.93. The van der Waals surface area contributed by atoms with Crippen molar-refractivity contribution < 1.29 is 45.7 Å². The number of hydrogen-bond acceptors (Lipinski definition) is 5. The van der Waals surface area contributed by atoms with Gasteiger partial charge in [0.15, 0.2) is 5.16 Å². The predicted molar refractivity (Wildman–Crippen MR) is 80.6 cm³/mol. The van der Waals surface area contributed by atoms with Crippen molar-refractivity contribution in [3.8, 4) is 0 Å². The van der Waals surface area contributed by atoms with Crippen LogP contribution in [0.15, 0.2) is 28.0 Å². The van der Waals surface area contributed by atoms with E-state index < -0.39 is 5.97 Å². The smallest absolute Gasteiger partial charge is 1.00 e. The third kappa shape index (κ3) is 2.46. The topological polar surface area (TPSA) is 75.4 Å². The molecule has 0 bridgehead atoms. The van der Waals surface area contributed by atoms with E-state index in [0.29, 0.717) is 5.57 Å². The van der Waals surface area contributed by atoms with Gasteiger partial charge >= 0.3 is 35.5 Å². The molecule has 1 N–H and O–H groups in total. The SMILES string of the molecule is O=C(O)C1=CS[C@@H]2C(=Cc3cn4c(n3)SCCC4)C(=O)N12.[H-].[Na+]. The Hall–Kier alpha value is -0.670. The summed E-state index contributed by atoms with van der Waals surface area (Å²) in [5, 5.41) is 11.3. The Labute approximate surface area is 158 Å². The number of aliphatic carboxylic acids is 1. The molecular formula is C13H12N3NaO3S2. The number of carboxylic acids is 1. The van der Waals surface area contributed by atoms with Crippen LogP contribution in [0.2, 0.25) is 0 Å². The number of thioether (sulfide) groups is 2. The van der Waals surface area contributed by atoms with Crippen LogP contribution in [0, 0.1) is 0 Å². The number of imidazole rings is 1. The number of fused-ring (bicyclic) bond motifs is 2. The number of carboxylic acid groups (broad SMARTS) is 1. The van der Waals surface area contributed by atoms with Crippen LogP contribution in [0.3, 0.4) is 0 Å². The minimum atomic E-state index is -1.06. The molecule has 4 rings (SSSR count). The molecule has 0 saturated carbocycles. The fourth-order valence-corrected chi connectivity index (χ4v) is 4.64. The Morgan fingerprint density at radius 3 is 3.09 bits per heavy atom. The quantitative estimate of drug-likeness (QED) is 0.409. The normalized spacial score (nSPS) is 24.3. The molecule has 9 heteroatoms. The first-order valence-electron chi connectivity index (χ1n) is 6.49. The minimum Gasteiger partial charge on any atom is -1.00 e. The van der Waals surface area contributed by atoms with Gasteiger partial charge in [0.2, 0.25) is 0 Å². The van der Waals surface area contributed by atoms with E-state index in [9.17, 15) is 9.59 Å². The van der Waals surface area contributed by atoms with Gasteiger partial charge in [0, 0.05) is 23.9 Å². The van der Waals surface area contributed by atoms with Gasteiger partial charge in [-0.15, -0.1) is 11.8 Å². The molecular weight excluding hydrogens is 333 g/mol. The molecule has 22 heavy (non-hydrogen) atoms. The van der Waals surface area contributed by atoms with Crippen molar-refractivity contribution in [2.45, 2.75) is 23.5 Å². The number of β-lactam (4-membered cyclic amide) rings is 1. The van der Waals surface area contributed by atoms with E-state index in [1.165, 1.54) is 22.1 Å². The number of rotatable bonds is 2. The van der Waals surface area contributed by atoms with Crippen molar-refractivity contribution in [2.75, 3.05) is 5.75 Å². The van der Waals surface area contributed by atoms with Gasteiger partial charge < -0.3 is 11.1 Å². The molecule has 0 radical (unpaired) electrons. The molecule has 4 heterocycles. The van der Waals surface area contributed by atoms with E-state index in [0.717, 1.165) is 29.6 Å². The van der Waals surface area contributed by atoms with Crippen LogP contribution in [0.1, 0.15) is 13.5 Å². The van der Waals surface area contributed by atoms with Crippen LogP contribution in [0.5, 0.6) is 0 Å². The van der Waals surface area contributed by atoms with Gasteiger partial charge in [0.25, 0.3) is 5.91 Å². The third-order valence-electron chi connectivity index (χ3n) is 3.59. The summed E-state index contributed by atoms with van der Waals surface area (Å²) in [6.07, 6.45) is 4.86. The summed E-state index contributed by atoms with van der Waals surface area (Å²) in [5.41, 5.74) is 1.45. The number of amides is 1. The molecule has 110 valence electrons. The Kier molecular flexibility index (Phi) is 4.48. The summed E-state index contributed by atoms with van der Waals surface area (Å²) in [4.78, 5) is 29.0. The zero-order chi connectivity index (χ0) is 14.6. The van der Waals surface area contributed by atoms with Crippen molar-refractivity contribution in [3.05, 3.63) is 28.6 Å². The van der Waals surface area contributed by atoms with Crippen molar-refractivity contribution in [1.82, 2.24) is 14.5 Å². The fraction of sp³-hybridized carbons (Fsp3) is 0.308. The number of carbonyl (C=O) groups excluding carboxylic acids is 1. The Bertz CT molecular complexity index is 711.